The summed E-state index contributed by atoms with van der Waals surface area (Å²) in [6.07, 6.45) is 2.11. The van der Waals surface area contributed by atoms with Gasteiger partial charge in [0.05, 0.1) is 0 Å². The molecule has 1 rings (SSSR count). The van der Waals surface area contributed by atoms with E-state index in [1.807, 2.05) is 25.7 Å². The van der Waals surface area contributed by atoms with E-state index in [2.05, 4.69) is 6.92 Å². The Morgan fingerprint density at radius 1 is 1.47 bits per heavy atom. The van der Waals surface area contributed by atoms with Gasteiger partial charge in [-0.1, -0.05) is 13.3 Å². The van der Waals surface area contributed by atoms with Crippen LogP contribution in [-0.4, -0.2) is 29.7 Å². The number of nitrogens with zero attached hydrogens (tertiary/aromatic N) is 1. The molecule has 1 saturated heterocycles. The molecule has 0 aliphatic carbocycles. The van der Waals surface area contributed by atoms with Gasteiger partial charge in [-0.25, -0.2) is 4.79 Å². The summed E-state index contributed by atoms with van der Waals surface area (Å²) in [5.74, 6) is 0.669. The predicted molar refractivity (Wildman–Crippen MR) is 66.6 cm³/mol. The molecule has 0 aromatic heterocycles. The molecule has 0 radical (unpaired) electrons. The maximum absolute atomic E-state index is 11.6. The Morgan fingerprint density at radius 2 is 2.07 bits per heavy atom. The number of rotatable bonds is 1. The molecule has 1 aliphatic heterocycles. The summed E-state index contributed by atoms with van der Waals surface area (Å²) in [6.45, 7) is 9.59. The van der Waals surface area contributed by atoms with Crippen molar-refractivity contribution in [1.82, 2.24) is 4.90 Å². The van der Waals surface area contributed by atoms with Gasteiger partial charge >= 0.3 is 6.09 Å². The van der Waals surface area contributed by atoms with Gasteiger partial charge in [0.2, 0.25) is 0 Å². The lowest BCUT2D eigenvalue weighted by atomic mass is 10.1. The molecule has 1 fully saturated rings. The fourth-order valence-electron chi connectivity index (χ4n) is 1.66. The van der Waals surface area contributed by atoms with Crippen LogP contribution < -0.4 is 0 Å². The Labute approximate surface area is 99.6 Å². The number of amides is 1. The molecular formula is C11H23NO2S. The number of carbonyl (C=O) groups is 1. The van der Waals surface area contributed by atoms with Gasteiger partial charge < -0.3 is 9.64 Å². The van der Waals surface area contributed by atoms with Gasteiger partial charge in [0, 0.05) is 13.1 Å². The summed E-state index contributed by atoms with van der Waals surface area (Å²) in [4.78, 5) is 13.4. The molecule has 0 N–H and O–H groups in total. The molecule has 3 nitrogen and oxygen atoms in total. The normalized spacial score (nSPS) is 21.1. The van der Waals surface area contributed by atoms with E-state index in [4.69, 9.17) is 4.74 Å². The molecule has 1 heterocycles. The van der Waals surface area contributed by atoms with Crippen molar-refractivity contribution in [2.24, 2.45) is 5.92 Å². The number of hydrogen-bond donors (Lipinski definition) is 0. The lowest BCUT2D eigenvalue weighted by Crippen LogP contribution is -2.35. The minimum absolute atomic E-state index is 0. The SMILES string of the molecule is CC[C@H]1CCN(C(=O)OC(C)(C)C)C1.S. The first-order valence-electron chi connectivity index (χ1n) is 5.40. The molecule has 90 valence electrons. The fourth-order valence-corrected chi connectivity index (χ4v) is 1.66. The molecule has 0 spiro atoms. The van der Waals surface area contributed by atoms with E-state index >= 15 is 0 Å². The minimum atomic E-state index is -0.374. The summed E-state index contributed by atoms with van der Waals surface area (Å²) >= 11 is 0. The van der Waals surface area contributed by atoms with Gasteiger partial charge in [0.15, 0.2) is 0 Å². The van der Waals surface area contributed by atoms with Gasteiger partial charge in [-0.2, -0.15) is 13.5 Å². The molecule has 0 unspecified atom stereocenters. The third-order valence-corrected chi connectivity index (χ3v) is 2.51. The van der Waals surface area contributed by atoms with Crippen molar-refractivity contribution in [1.29, 1.82) is 0 Å². The number of ether oxygens (including phenoxy) is 1. The number of likely N-dealkylation sites (tertiary alicyclic amines) is 1. The summed E-state index contributed by atoms with van der Waals surface area (Å²) in [6, 6.07) is 0. The van der Waals surface area contributed by atoms with Gasteiger partial charge in [0.1, 0.15) is 5.60 Å². The van der Waals surface area contributed by atoms with Crippen molar-refractivity contribution < 1.29 is 9.53 Å². The van der Waals surface area contributed by atoms with E-state index in [1.165, 1.54) is 0 Å². The average Bonchev–Trinajstić information content (AvgIpc) is 2.48. The van der Waals surface area contributed by atoms with Crippen molar-refractivity contribution in [2.45, 2.75) is 46.1 Å². The summed E-state index contributed by atoms with van der Waals surface area (Å²) in [5, 5.41) is 0. The molecule has 4 heteroatoms. The first kappa shape index (κ1) is 14.6. The van der Waals surface area contributed by atoms with Crippen LogP contribution in [0.3, 0.4) is 0 Å². The van der Waals surface area contributed by atoms with E-state index in [0.29, 0.717) is 5.92 Å². The second-order valence-electron chi connectivity index (χ2n) is 4.99. The number of carbonyl (C=O) groups excluding carboxylic acids is 1. The Balaban J connectivity index is 0.00000196. The Bertz CT molecular complexity index is 213. The van der Waals surface area contributed by atoms with Crippen LogP contribution in [0.2, 0.25) is 0 Å². The molecule has 1 aliphatic rings. The third-order valence-electron chi connectivity index (χ3n) is 2.51. The molecule has 0 aromatic rings. The molecule has 15 heavy (non-hydrogen) atoms. The maximum Gasteiger partial charge on any atom is 0.410 e. The minimum Gasteiger partial charge on any atom is -0.444 e. The van der Waals surface area contributed by atoms with Crippen LogP contribution in [0.15, 0.2) is 0 Å². The zero-order chi connectivity index (χ0) is 10.8. The molecule has 0 bridgehead atoms. The van der Waals surface area contributed by atoms with Crippen molar-refractivity contribution in [2.75, 3.05) is 13.1 Å². The lowest BCUT2D eigenvalue weighted by molar-refractivity contribution is 0.0288. The fraction of sp³-hybridized carbons (Fsp3) is 0.909. The molecular weight excluding hydrogens is 210 g/mol. The van der Waals surface area contributed by atoms with Crippen LogP contribution in [0.1, 0.15) is 40.5 Å². The van der Waals surface area contributed by atoms with E-state index < -0.39 is 0 Å². The van der Waals surface area contributed by atoms with E-state index in [-0.39, 0.29) is 25.2 Å². The van der Waals surface area contributed by atoms with Gasteiger partial charge in [-0.05, 0) is 33.1 Å². The Hall–Kier alpha value is -0.380. The van der Waals surface area contributed by atoms with Crippen LogP contribution in [0, 0.1) is 5.92 Å². The van der Waals surface area contributed by atoms with Gasteiger partial charge in [-0.3, -0.25) is 0 Å². The van der Waals surface area contributed by atoms with E-state index in [9.17, 15) is 4.79 Å². The van der Waals surface area contributed by atoms with Crippen LogP contribution in [0.5, 0.6) is 0 Å². The second-order valence-corrected chi connectivity index (χ2v) is 4.99. The van der Waals surface area contributed by atoms with Crippen LogP contribution in [0.4, 0.5) is 4.79 Å². The highest BCUT2D eigenvalue weighted by atomic mass is 32.1. The maximum atomic E-state index is 11.6. The molecule has 1 amide bonds. The number of hydrogen-bond acceptors (Lipinski definition) is 2. The highest BCUT2D eigenvalue weighted by Crippen LogP contribution is 2.21. The first-order chi connectivity index (χ1) is 6.42. The second kappa shape index (κ2) is 5.64. The zero-order valence-corrected chi connectivity index (χ0v) is 11.2. The van der Waals surface area contributed by atoms with Crippen molar-refractivity contribution in [3.8, 4) is 0 Å². The Kier molecular flexibility index (Phi) is 5.49. The van der Waals surface area contributed by atoms with Crippen molar-refractivity contribution in [3.63, 3.8) is 0 Å². The quantitative estimate of drug-likeness (QED) is 0.697. The highest BCUT2D eigenvalue weighted by molar-refractivity contribution is 7.59. The van der Waals surface area contributed by atoms with E-state index in [1.54, 1.807) is 0 Å². The predicted octanol–water partition coefficient (Wildman–Crippen LogP) is 2.77. The first-order valence-corrected chi connectivity index (χ1v) is 5.40. The van der Waals surface area contributed by atoms with Crippen LogP contribution in [0.25, 0.3) is 0 Å². The smallest absolute Gasteiger partial charge is 0.410 e. The highest BCUT2D eigenvalue weighted by Gasteiger charge is 2.28. The van der Waals surface area contributed by atoms with Gasteiger partial charge in [-0.15, -0.1) is 0 Å². The zero-order valence-electron chi connectivity index (χ0n) is 10.2. The molecule has 1 atom stereocenters. The standard InChI is InChI=1S/C11H21NO2.H2S/c1-5-9-6-7-12(8-9)10(13)14-11(2,3)4;/h9H,5-8H2,1-4H3;1H2/t9-;/m0./s1. The van der Waals surface area contributed by atoms with Crippen LogP contribution in [-0.2, 0) is 4.74 Å². The van der Waals surface area contributed by atoms with Crippen molar-refractivity contribution in [3.05, 3.63) is 0 Å². The monoisotopic (exact) mass is 233 g/mol. The Morgan fingerprint density at radius 3 is 2.47 bits per heavy atom. The lowest BCUT2D eigenvalue weighted by Gasteiger charge is -2.24. The average molecular weight is 233 g/mol. The third kappa shape index (κ3) is 4.78. The molecule has 0 saturated carbocycles. The summed E-state index contributed by atoms with van der Waals surface area (Å²) in [5.41, 5.74) is -0.374. The van der Waals surface area contributed by atoms with E-state index in [0.717, 1.165) is 25.9 Å². The van der Waals surface area contributed by atoms with Crippen LogP contribution >= 0.6 is 13.5 Å². The molecule has 0 aromatic carbocycles. The summed E-state index contributed by atoms with van der Waals surface area (Å²) < 4.78 is 5.30. The summed E-state index contributed by atoms with van der Waals surface area (Å²) in [7, 11) is 0. The topological polar surface area (TPSA) is 29.5 Å². The largest absolute Gasteiger partial charge is 0.444 e. The van der Waals surface area contributed by atoms with Gasteiger partial charge in [0.25, 0.3) is 0 Å². The van der Waals surface area contributed by atoms with Crippen molar-refractivity contribution >= 4 is 19.6 Å².